The summed E-state index contributed by atoms with van der Waals surface area (Å²) < 4.78 is 1.86. The van der Waals surface area contributed by atoms with E-state index in [0.29, 0.717) is 22.7 Å². The molecule has 4 aromatic rings. The van der Waals surface area contributed by atoms with E-state index >= 15 is 0 Å². The first-order valence-corrected chi connectivity index (χ1v) is 10.2. The molecule has 0 saturated carbocycles. The average molecular weight is 424 g/mol. The Bertz CT molecular complexity index is 1200. The van der Waals surface area contributed by atoms with Crippen LogP contribution in [0.2, 0.25) is 5.15 Å². The molecule has 5 rings (SSSR count). The minimum atomic E-state index is 0.145. The molecule has 0 aromatic carbocycles. The molecule has 2 N–H and O–H groups in total. The topological polar surface area (TPSA) is 99.9 Å². The maximum absolute atomic E-state index is 6.08. The zero-order valence-corrected chi connectivity index (χ0v) is 17.7. The van der Waals surface area contributed by atoms with Gasteiger partial charge in [0, 0.05) is 42.3 Å². The van der Waals surface area contributed by atoms with Gasteiger partial charge in [-0.25, -0.2) is 19.9 Å². The molecule has 30 heavy (non-hydrogen) atoms. The zero-order chi connectivity index (χ0) is 20.8. The van der Waals surface area contributed by atoms with Gasteiger partial charge >= 0.3 is 0 Å². The van der Waals surface area contributed by atoms with Crippen LogP contribution < -0.4 is 10.2 Å². The number of aromatic amines is 1. The van der Waals surface area contributed by atoms with Gasteiger partial charge < -0.3 is 10.2 Å². The number of aromatic nitrogens is 7. The van der Waals surface area contributed by atoms with Crippen LogP contribution in [0.4, 0.5) is 5.82 Å². The molecule has 154 valence electrons. The van der Waals surface area contributed by atoms with E-state index in [1.54, 1.807) is 24.8 Å². The Balaban J connectivity index is 1.52. The number of anilines is 1. The molecule has 0 bridgehead atoms. The summed E-state index contributed by atoms with van der Waals surface area (Å²) >= 11 is 6.08. The second kappa shape index (κ2) is 7.33. The van der Waals surface area contributed by atoms with Gasteiger partial charge in [0.1, 0.15) is 16.7 Å². The smallest absolute Gasteiger partial charge is 0.180 e. The van der Waals surface area contributed by atoms with Crippen molar-refractivity contribution in [1.82, 2.24) is 39.9 Å². The van der Waals surface area contributed by atoms with Crippen molar-refractivity contribution in [2.24, 2.45) is 0 Å². The van der Waals surface area contributed by atoms with E-state index in [0.717, 1.165) is 23.8 Å². The second-order valence-corrected chi connectivity index (χ2v) is 8.10. The second-order valence-electron chi connectivity index (χ2n) is 7.71. The SMILES string of the molecule is Cc1[nH]ncc1C1NC(C)CN(c2ccnc(-c3cnc4cnc(Cl)cn34)n2)C1C. The van der Waals surface area contributed by atoms with Crippen LogP contribution in [-0.4, -0.2) is 53.2 Å². The zero-order valence-electron chi connectivity index (χ0n) is 16.9. The fraction of sp³-hybridized carbons (Fsp3) is 0.350. The number of H-pyrrole nitrogens is 1. The molecule has 5 heterocycles. The van der Waals surface area contributed by atoms with E-state index in [-0.39, 0.29) is 12.1 Å². The first kappa shape index (κ1) is 19.0. The summed E-state index contributed by atoms with van der Waals surface area (Å²) in [5, 5.41) is 11.3. The Morgan fingerprint density at radius 3 is 2.80 bits per heavy atom. The number of hydrogen-bond acceptors (Lipinski definition) is 7. The summed E-state index contributed by atoms with van der Waals surface area (Å²) in [6, 6.07) is 2.57. The van der Waals surface area contributed by atoms with Gasteiger partial charge in [-0.05, 0) is 26.8 Å². The normalized spacial score (nSPS) is 22.0. The predicted octanol–water partition coefficient (Wildman–Crippen LogP) is 2.80. The van der Waals surface area contributed by atoms with Crippen LogP contribution in [0.25, 0.3) is 17.2 Å². The molecule has 1 saturated heterocycles. The largest absolute Gasteiger partial charge is 0.350 e. The van der Waals surface area contributed by atoms with Gasteiger partial charge in [0.15, 0.2) is 11.5 Å². The van der Waals surface area contributed by atoms with Gasteiger partial charge in [0.05, 0.1) is 24.6 Å². The summed E-state index contributed by atoms with van der Waals surface area (Å²) in [7, 11) is 0. The van der Waals surface area contributed by atoms with Crippen molar-refractivity contribution in [3.8, 4) is 11.5 Å². The molecule has 3 atom stereocenters. The molecule has 1 aliphatic rings. The quantitative estimate of drug-likeness (QED) is 0.522. The molecule has 10 heteroatoms. The minimum Gasteiger partial charge on any atom is -0.350 e. The Hall–Kier alpha value is -3.04. The highest BCUT2D eigenvalue weighted by Gasteiger charge is 2.34. The van der Waals surface area contributed by atoms with Gasteiger partial charge in [-0.2, -0.15) is 5.10 Å². The summed E-state index contributed by atoms with van der Waals surface area (Å²) in [5.41, 5.74) is 3.72. The van der Waals surface area contributed by atoms with Crippen LogP contribution in [0, 0.1) is 6.92 Å². The third-order valence-electron chi connectivity index (χ3n) is 5.64. The number of fused-ring (bicyclic) bond motifs is 1. The predicted molar refractivity (Wildman–Crippen MR) is 114 cm³/mol. The number of rotatable bonds is 3. The summed E-state index contributed by atoms with van der Waals surface area (Å²) in [6.07, 6.45) is 8.79. The Labute approximate surface area is 178 Å². The number of hydrogen-bond donors (Lipinski definition) is 2. The molecule has 1 fully saturated rings. The van der Waals surface area contributed by atoms with Crippen LogP contribution in [-0.2, 0) is 0 Å². The van der Waals surface area contributed by atoms with Gasteiger partial charge in [-0.1, -0.05) is 11.6 Å². The lowest BCUT2D eigenvalue weighted by Crippen LogP contribution is -2.56. The molecule has 1 aliphatic heterocycles. The van der Waals surface area contributed by atoms with Crippen molar-refractivity contribution in [2.45, 2.75) is 38.9 Å². The number of nitrogens with one attached hydrogen (secondary N) is 2. The van der Waals surface area contributed by atoms with Crippen molar-refractivity contribution < 1.29 is 0 Å². The molecule has 3 unspecified atom stereocenters. The highest BCUT2D eigenvalue weighted by molar-refractivity contribution is 6.29. The average Bonchev–Trinajstić information content (AvgIpc) is 3.35. The van der Waals surface area contributed by atoms with Gasteiger partial charge in [-0.15, -0.1) is 0 Å². The standard InChI is InChI=1S/C20H22ClN9/c1-11-9-29(13(3)19(26-11)14-6-25-28-12(14)2)17-4-5-22-20(27-17)15-7-24-18-8-23-16(21)10-30(15)18/h4-8,10-11,13,19,26H,9H2,1-3H3,(H,25,28). The number of aryl methyl sites for hydroxylation is 1. The summed E-state index contributed by atoms with van der Waals surface area (Å²) in [6.45, 7) is 7.28. The Morgan fingerprint density at radius 2 is 2.00 bits per heavy atom. The maximum atomic E-state index is 6.08. The number of imidazole rings is 1. The molecule has 0 spiro atoms. The molecular weight excluding hydrogens is 402 g/mol. The van der Waals surface area contributed by atoms with E-state index < -0.39 is 0 Å². The van der Waals surface area contributed by atoms with E-state index in [1.165, 1.54) is 5.56 Å². The van der Waals surface area contributed by atoms with Crippen LogP contribution in [0.5, 0.6) is 0 Å². The van der Waals surface area contributed by atoms with Crippen molar-refractivity contribution in [2.75, 3.05) is 11.4 Å². The van der Waals surface area contributed by atoms with E-state index in [1.807, 2.05) is 23.6 Å². The molecule has 0 amide bonds. The Morgan fingerprint density at radius 1 is 1.13 bits per heavy atom. The first-order valence-electron chi connectivity index (χ1n) is 9.86. The van der Waals surface area contributed by atoms with E-state index in [2.05, 4.69) is 49.2 Å². The maximum Gasteiger partial charge on any atom is 0.180 e. The van der Waals surface area contributed by atoms with Crippen LogP contribution >= 0.6 is 11.6 Å². The van der Waals surface area contributed by atoms with E-state index in [4.69, 9.17) is 16.6 Å². The molecule has 9 nitrogen and oxygen atoms in total. The van der Waals surface area contributed by atoms with Crippen molar-refractivity contribution in [3.05, 3.63) is 53.5 Å². The van der Waals surface area contributed by atoms with Crippen LogP contribution in [0.3, 0.4) is 0 Å². The molecule has 0 aliphatic carbocycles. The van der Waals surface area contributed by atoms with Gasteiger partial charge in [0.25, 0.3) is 0 Å². The van der Waals surface area contributed by atoms with Crippen molar-refractivity contribution >= 4 is 23.1 Å². The van der Waals surface area contributed by atoms with Gasteiger partial charge in [0.2, 0.25) is 0 Å². The highest BCUT2D eigenvalue weighted by Crippen LogP contribution is 2.31. The van der Waals surface area contributed by atoms with Gasteiger partial charge in [-0.3, -0.25) is 9.50 Å². The third-order valence-corrected chi connectivity index (χ3v) is 5.84. The molecule has 0 radical (unpaired) electrons. The fourth-order valence-electron chi connectivity index (χ4n) is 4.13. The van der Waals surface area contributed by atoms with Crippen molar-refractivity contribution in [1.29, 1.82) is 0 Å². The number of nitrogens with zero attached hydrogens (tertiary/aromatic N) is 7. The first-order chi connectivity index (χ1) is 14.5. The van der Waals surface area contributed by atoms with Crippen LogP contribution in [0.15, 0.2) is 37.1 Å². The molecule has 4 aromatic heterocycles. The summed E-state index contributed by atoms with van der Waals surface area (Å²) in [4.78, 5) is 20.2. The summed E-state index contributed by atoms with van der Waals surface area (Å²) in [5.74, 6) is 1.47. The lowest BCUT2D eigenvalue weighted by atomic mass is 9.95. The monoisotopic (exact) mass is 423 g/mol. The van der Waals surface area contributed by atoms with E-state index in [9.17, 15) is 0 Å². The highest BCUT2D eigenvalue weighted by atomic mass is 35.5. The van der Waals surface area contributed by atoms with Crippen LogP contribution in [0.1, 0.15) is 31.1 Å². The lowest BCUT2D eigenvalue weighted by molar-refractivity contribution is 0.332. The minimum absolute atomic E-state index is 0.145. The fourth-order valence-corrected chi connectivity index (χ4v) is 4.28. The number of piperazine rings is 1. The third kappa shape index (κ3) is 3.20. The lowest BCUT2D eigenvalue weighted by Gasteiger charge is -2.44. The molecular formula is C20H22ClN9. The van der Waals surface area contributed by atoms with Crippen molar-refractivity contribution in [3.63, 3.8) is 0 Å². The number of halogens is 1. The Kier molecular flexibility index (Phi) is 4.63.